The van der Waals surface area contributed by atoms with E-state index in [2.05, 4.69) is 241 Å². The van der Waals surface area contributed by atoms with Crippen LogP contribution in [0, 0.1) is 0 Å². The maximum atomic E-state index is 2.45. The molecule has 10 aromatic carbocycles. The van der Waals surface area contributed by atoms with E-state index in [1.165, 1.54) is 77.2 Å². The van der Waals surface area contributed by atoms with Gasteiger partial charge >= 0.3 is 0 Å². The molecular formula is C57H39N. The average Bonchev–Trinajstić information content (AvgIpc) is 3.63. The van der Waals surface area contributed by atoms with Crippen LogP contribution in [0.4, 0.5) is 17.1 Å². The Morgan fingerprint density at radius 3 is 1.50 bits per heavy atom. The second-order valence-corrected chi connectivity index (χ2v) is 15.2. The molecule has 0 radical (unpaired) electrons. The highest BCUT2D eigenvalue weighted by molar-refractivity contribution is 6.20. The van der Waals surface area contributed by atoms with Crippen molar-refractivity contribution >= 4 is 38.6 Å². The summed E-state index contributed by atoms with van der Waals surface area (Å²) in [7, 11) is 0. The number of hydrogen-bond donors (Lipinski definition) is 0. The van der Waals surface area contributed by atoms with Crippen molar-refractivity contribution < 1.29 is 0 Å². The number of nitrogens with zero attached hydrogens (tertiary/aromatic N) is 1. The third kappa shape index (κ3) is 5.25. The van der Waals surface area contributed by atoms with Crippen molar-refractivity contribution in [1.82, 2.24) is 0 Å². The van der Waals surface area contributed by atoms with Crippen molar-refractivity contribution in [2.24, 2.45) is 0 Å². The molecule has 0 N–H and O–H groups in total. The highest BCUT2D eigenvalue weighted by Crippen LogP contribution is 2.60. The predicted molar refractivity (Wildman–Crippen MR) is 244 cm³/mol. The normalized spacial score (nSPS) is 12.6. The van der Waals surface area contributed by atoms with Crippen LogP contribution in [0.3, 0.4) is 0 Å². The molecule has 0 heterocycles. The topological polar surface area (TPSA) is 3.24 Å². The van der Waals surface area contributed by atoms with E-state index in [0.717, 1.165) is 17.1 Å². The molecule has 1 aliphatic rings. The van der Waals surface area contributed by atoms with E-state index in [9.17, 15) is 0 Å². The molecule has 0 amide bonds. The second-order valence-electron chi connectivity index (χ2n) is 15.2. The number of hydrogen-bond acceptors (Lipinski definition) is 1. The van der Waals surface area contributed by atoms with Gasteiger partial charge in [-0.05, 0) is 108 Å². The number of fused-ring (bicyclic) bond motifs is 8. The Morgan fingerprint density at radius 2 is 0.810 bits per heavy atom. The van der Waals surface area contributed by atoms with Gasteiger partial charge in [0.2, 0.25) is 0 Å². The minimum absolute atomic E-state index is 0.508. The summed E-state index contributed by atoms with van der Waals surface area (Å²) in [6.07, 6.45) is 0. The lowest BCUT2D eigenvalue weighted by atomic mass is 9.66. The van der Waals surface area contributed by atoms with Gasteiger partial charge in [0.1, 0.15) is 0 Å². The van der Waals surface area contributed by atoms with Gasteiger partial charge in [0.05, 0.1) is 11.1 Å². The molecule has 272 valence electrons. The summed E-state index contributed by atoms with van der Waals surface area (Å²) in [5, 5.41) is 5.07. The van der Waals surface area contributed by atoms with Gasteiger partial charge in [0.15, 0.2) is 0 Å². The van der Waals surface area contributed by atoms with E-state index in [4.69, 9.17) is 0 Å². The highest BCUT2D eigenvalue weighted by atomic mass is 15.1. The van der Waals surface area contributed by atoms with Crippen molar-refractivity contribution in [2.45, 2.75) is 5.41 Å². The third-order valence-electron chi connectivity index (χ3n) is 12.1. The fourth-order valence-corrected chi connectivity index (χ4v) is 9.68. The molecule has 0 saturated heterocycles. The van der Waals surface area contributed by atoms with Gasteiger partial charge < -0.3 is 4.90 Å². The van der Waals surface area contributed by atoms with Crippen LogP contribution in [0.2, 0.25) is 0 Å². The zero-order valence-electron chi connectivity index (χ0n) is 32.0. The monoisotopic (exact) mass is 737 g/mol. The largest absolute Gasteiger partial charge is 0.310 e. The molecule has 1 nitrogen and oxygen atoms in total. The quantitative estimate of drug-likeness (QED) is 0.147. The summed E-state index contributed by atoms with van der Waals surface area (Å²) < 4.78 is 0. The first-order valence-corrected chi connectivity index (χ1v) is 20.1. The minimum Gasteiger partial charge on any atom is -0.310 e. The molecule has 58 heavy (non-hydrogen) atoms. The van der Waals surface area contributed by atoms with Crippen LogP contribution in [0.5, 0.6) is 0 Å². The van der Waals surface area contributed by atoms with E-state index in [1.807, 2.05) is 0 Å². The molecule has 1 aliphatic carbocycles. The van der Waals surface area contributed by atoms with E-state index < -0.39 is 5.41 Å². The van der Waals surface area contributed by atoms with E-state index >= 15 is 0 Å². The Balaban J connectivity index is 1.17. The number of rotatable bonds is 7. The van der Waals surface area contributed by atoms with Crippen molar-refractivity contribution in [3.05, 3.63) is 259 Å². The number of benzene rings is 10. The lowest BCUT2D eigenvalue weighted by Crippen LogP contribution is -2.28. The molecule has 0 unspecified atom stereocenters. The first-order chi connectivity index (χ1) is 28.8. The van der Waals surface area contributed by atoms with Crippen LogP contribution in [0.1, 0.15) is 22.3 Å². The summed E-state index contributed by atoms with van der Waals surface area (Å²) in [4.78, 5) is 2.39. The summed E-state index contributed by atoms with van der Waals surface area (Å²) >= 11 is 0. The molecule has 0 atom stereocenters. The van der Waals surface area contributed by atoms with Crippen molar-refractivity contribution in [1.29, 1.82) is 0 Å². The minimum atomic E-state index is -0.508. The highest BCUT2D eigenvalue weighted by Gasteiger charge is 2.47. The Bertz CT molecular complexity index is 3040. The first-order valence-electron chi connectivity index (χ1n) is 20.1. The fourth-order valence-electron chi connectivity index (χ4n) is 9.68. The Morgan fingerprint density at radius 1 is 0.310 bits per heavy atom. The molecular weight excluding hydrogens is 699 g/mol. The molecule has 0 spiro atoms. The van der Waals surface area contributed by atoms with Crippen molar-refractivity contribution in [3.8, 4) is 33.4 Å². The van der Waals surface area contributed by atoms with Crippen LogP contribution in [-0.2, 0) is 5.41 Å². The summed E-state index contributed by atoms with van der Waals surface area (Å²) in [5.41, 5.74) is 15.4. The fraction of sp³-hybridized carbons (Fsp3) is 0.0175. The van der Waals surface area contributed by atoms with Gasteiger partial charge in [-0.3, -0.25) is 0 Å². The zero-order chi connectivity index (χ0) is 38.5. The zero-order valence-corrected chi connectivity index (χ0v) is 32.0. The number of anilines is 3. The van der Waals surface area contributed by atoms with E-state index in [-0.39, 0.29) is 0 Å². The van der Waals surface area contributed by atoms with E-state index in [0.29, 0.717) is 0 Å². The second kappa shape index (κ2) is 13.9. The van der Waals surface area contributed by atoms with Gasteiger partial charge in [-0.2, -0.15) is 0 Å². The van der Waals surface area contributed by atoms with Crippen LogP contribution < -0.4 is 4.90 Å². The number of para-hydroxylation sites is 2. The van der Waals surface area contributed by atoms with Crippen LogP contribution in [0.25, 0.3) is 54.9 Å². The lowest BCUT2D eigenvalue weighted by Gasteiger charge is -2.35. The smallest absolute Gasteiger partial charge is 0.0719 e. The molecule has 0 fully saturated rings. The molecule has 1 heteroatoms. The van der Waals surface area contributed by atoms with Gasteiger partial charge in [-0.15, -0.1) is 0 Å². The molecule has 0 bridgehead atoms. The lowest BCUT2D eigenvalue weighted by molar-refractivity contribution is 0.776. The predicted octanol–water partition coefficient (Wildman–Crippen LogP) is 15.2. The van der Waals surface area contributed by atoms with Crippen LogP contribution in [-0.4, -0.2) is 0 Å². The van der Waals surface area contributed by atoms with Gasteiger partial charge in [-0.1, -0.05) is 200 Å². The average molecular weight is 738 g/mol. The summed E-state index contributed by atoms with van der Waals surface area (Å²) in [6.45, 7) is 0. The standard InChI is InChI=1S/C57H39N/c1-5-19-40(20-6-1)41-33-36-46(37-34-41)58(45-25-11-4-12-26-45)54-32-18-16-27-47(54)42-35-38-50-52(39-42)48-28-13-14-29-49(48)55-51-30-15-17-31-53(51)57(56(50)55,43-21-7-2-8-22-43)44-23-9-3-10-24-44/h1-39H. The molecule has 0 aromatic heterocycles. The van der Waals surface area contributed by atoms with Gasteiger partial charge in [0.25, 0.3) is 0 Å². The Kier molecular flexibility index (Phi) is 8.12. The maximum absolute atomic E-state index is 2.45. The van der Waals surface area contributed by atoms with E-state index in [1.54, 1.807) is 0 Å². The molecule has 11 rings (SSSR count). The third-order valence-corrected chi connectivity index (χ3v) is 12.1. The van der Waals surface area contributed by atoms with Crippen molar-refractivity contribution in [2.75, 3.05) is 4.90 Å². The van der Waals surface area contributed by atoms with Crippen LogP contribution >= 0.6 is 0 Å². The Labute approximate surface area is 339 Å². The molecule has 0 saturated carbocycles. The van der Waals surface area contributed by atoms with Gasteiger partial charge in [-0.25, -0.2) is 0 Å². The summed E-state index contributed by atoms with van der Waals surface area (Å²) in [5.74, 6) is 0. The van der Waals surface area contributed by atoms with Gasteiger partial charge in [0, 0.05) is 16.9 Å². The Hall–Kier alpha value is -7.48. The first kappa shape index (κ1) is 33.8. The SMILES string of the molecule is c1ccc(-c2ccc(N(c3ccccc3)c3ccccc3-c3ccc4c5c(c6ccccc6c4c3)-c3ccccc3C5(c3ccccc3)c3ccccc3)cc2)cc1. The maximum Gasteiger partial charge on any atom is 0.0719 e. The van der Waals surface area contributed by atoms with Crippen molar-refractivity contribution in [3.63, 3.8) is 0 Å². The molecule has 10 aromatic rings. The molecule has 0 aliphatic heterocycles. The summed E-state index contributed by atoms with van der Waals surface area (Å²) in [6, 6.07) is 86.7. The van der Waals surface area contributed by atoms with Crippen LogP contribution in [0.15, 0.2) is 237 Å².